The number of nitrogens with one attached hydrogen (secondary N) is 1. The predicted octanol–water partition coefficient (Wildman–Crippen LogP) is 2.10. The van der Waals surface area contributed by atoms with Crippen molar-refractivity contribution in [2.75, 3.05) is 31.6 Å². The zero-order valence-corrected chi connectivity index (χ0v) is 17.5. The van der Waals surface area contributed by atoms with Crippen LogP contribution in [-0.2, 0) is 4.79 Å². The van der Waals surface area contributed by atoms with E-state index in [0.29, 0.717) is 35.2 Å². The quantitative estimate of drug-likeness (QED) is 0.590. The standard InChI is InChI=1S/C24H27N3O3/c1-3-26-14-8-9-17(26)15-25-16-20-18-10-4-5-11-19(18)23(28)27(24(20)29)21-12-6-7-13-22(21)30-2/h4-7,10-13,16-17,20H,3,8-9,14-15H2,1-2H3/p+1/t17-,20?/m0/s1. The number of para-hydroxylation sites is 2. The molecule has 0 radical (unpaired) electrons. The van der Waals surface area contributed by atoms with Crippen molar-refractivity contribution in [3.8, 4) is 5.75 Å². The molecule has 2 amide bonds. The highest BCUT2D eigenvalue weighted by molar-refractivity contribution is 6.29. The first-order chi connectivity index (χ1) is 14.7. The fourth-order valence-corrected chi connectivity index (χ4v) is 4.61. The molecule has 6 heteroatoms. The topological polar surface area (TPSA) is 63.4 Å². The third-order valence-electron chi connectivity index (χ3n) is 6.20. The van der Waals surface area contributed by atoms with Gasteiger partial charge in [0.15, 0.2) is 0 Å². The molecule has 2 aliphatic heterocycles. The molecule has 0 saturated carbocycles. The van der Waals surface area contributed by atoms with Crippen LogP contribution >= 0.6 is 0 Å². The number of likely N-dealkylation sites (tertiary alicyclic amines) is 1. The number of aliphatic imine (C=N–C) groups is 1. The van der Waals surface area contributed by atoms with Gasteiger partial charge >= 0.3 is 0 Å². The van der Waals surface area contributed by atoms with Gasteiger partial charge in [-0.3, -0.25) is 14.6 Å². The normalized spacial score (nSPS) is 23.8. The van der Waals surface area contributed by atoms with Crippen molar-refractivity contribution in [3.05, 3.63) is 59.7 Å². The molecule has 2 aromatic rings. The molecule has 0 bridgehead atoms. The molecule has 1 N–H and O–H groups in total. The highest BCUT2D eigenvalue weighted by Crippen LogP contribution is 2.36. The van der Waals surface area contributed by atoms with Crippen molar-refractivity contribution >= 4 is 23.7 Å². The van der Waals surface area contributed by atoms with E-state index in [9.17, 15) is 9.59 Å². The molecule has 30 heavy (non-hydrogen) atoms. The Morgan fingerprint density at radius 1 is 1.17 bits per heavy atom. The first-order valence-corrected chi connectivity index (χ1v) is 10.6. The molecule has 2 aromatic carbocycles. The maximum atomic E-state index is 13.5. The van der Waals surface area contributed by atoms with Gasteiger partial charge in [0, 0.05) is 24.6 Å². The largest absolute Gasteiger partial charge is 0.495 e. The Hall–Kier alpha value is -2.99. The van der Waals surface area contributed by atoms with Gasteiger partial charge < -0.3 is 9.64 Å². The average Bonchev–Trinajstić information content (AvgIpc) is 3.24. The van der Waals surface area contributed by atoms with E-state index in [1.807, 2.05) is 24.3 Å². The van der Waals surface area contributed by atoms with E-state index < -0.39 is 5.92 Å². The van der Waals surface area contributed by atoms with E-state index in [1.54, 1.807) is 35.4 Å². The number of hydrogen-bond acceptors (Lipinski definition) is 4. The summed E-state index contributed by atoms with van der Waals surface area (Å²) in [6, 6.07) is 14.9. The summed E-state index contributed by atoms with van der Waals surface area (Å²) in [5.41, 5.74) is 1.70. The number of fused-ring (bicyclic) bond motifs is 1. The van der Waals surface area contributed by atoms with Crippen molar-refractivity contribution in [3.63, 3.8) is 0 Å². The zero-order chi connectivity index (χ0) is 21.1. The van der Waals surface area contributed by atoms with E-state index in [2.05, 4.69) is 11.9 Å². The lowest BCUT2D eigenvalue weighted by atomic mass is 9.88. The van der Waals surface area contributed by atoms with Crippen LogP contribution in [0.5, 0.6) is 5.75 Å². The second kappa shape index (κ2) is 8.79. The van der Waals surface area contributed by atoms with Gasteiger partial charge in [-0.2, -0.15) is 0 Å². The monoisotopic (exact) mass is 406 g/mol. The van der Waals surface area contributed by atoms with Gasteiger partial charge in [0.25, 0.3) is 5.91 Å². The number of quaternary nitrogens is 1. The van der Waals surface area contributed by atoms with E-state index in [-0.39, 0.29) is 11.8 Å². The Bertz CT molecular complexity index is 972. The summed E-state index contributed by atoms with van der Waals surface area (Å²) in [6.45, 7) is 5.20. The molecule has 3 atom stereocenters. The van der Waals surface area contributed by atoms with Crippen molar-refractivity contribution in [1.82, 2.24) is 0 Å². The van der Waals surface area contributed by atoms with Gasteiger partial charge in [-0.15, -0.1) is 0 Å². The molecule has 2 heterocycles. The fraction of sp³-hybridized carbons (Fsp3) is 0.375. The van der Waals surface area contributed by atoms with Gasteiger partial charge in [0.05, 0.1) is 38.3 Å². The lowest BCUT2D eigenvalue weighted by Crippen LogP contribution is -3.13. The van der Waals surface area contributed by atoms with Gasteiger partial charge in [0.2, 0.25) is 5.91 Å². The summed E-state index contributed by atoms with van der Waals surface area (Å²) in [5.74, 6) is -0.724. The summed E-state index contributed by atoms with van der Waals surface area (Å²) in [7, 11) is 1.54. The molecule has 0 spiro atoms. The highest BCUT2D eigenvalue weighted by Gasteiger charge is 2.40. The SMILES string of the molecule is CC[NH+]1CCC[C@H]1CN=CC1C(=O)N(c2ccccc2OC)C(=O)c2ccccc21. The Morgan fingerprint density at radius 2 is 1.93 bits per heavy atom. The van der Waals surface area contributed by atoms with Crippen LogP contribution in [0.4, 0.5) is 5.69 Å². The van der Waals surface area contributed by atoms with Gasteiger partial charge in [-0.1, -0.05) is 30.3 Å². The molecular formula is C24H28N3O3+. The number of carbonyl (C=O) groups excluding carboxylic acids is 2. The molecule has 2 aliphatic rings. The van der Waals surface area contributed by atoms with Crippen LogP contribution in [0.1, 0.15) is 41.6 Å². The average molecular weight is 407 g/mol. The predicted molar refractivity (Wildman–Crippen MR) is 117 cm³/mol. The van der Waals surface area contributed by atoms with Gasteiger partial charge in [-0.05, 0) is 30.7 Å². The van der Waals surface area contributed by atoms with Crippen LogP contribution in [0.2, 0.25) is 0 Å². The number of methoxy groups -OCH3 is 1. The highest BCUT2D eigenvalue weighted by atomic mass is 16.5. The van der Waals surface area contributed by atoms with Crippen molar-refractivity contribution in [2.24, 2.45) is 4.99 Å². The third-order valence-corrected chi connectivity index (χ3v) is 6.20. The molecule has 4 rings (SSSR count). The molecule has 1 fully saturated rings. The molecule has 0 aromatic heterocycles. The van der Waals surface area contributed by atoms with E-state index in [1.165, 1.54) is 31.4 Å². The minimum atomic E-state index is -0.588. The van der Waals surface area contributed by atoms with Crippen LogP contribution in [-0.4, -0.2) is 50.8 Å². The summed E-state index contributed by atoms with van der Waals surface area (Å²) in [5, 5.41) is 0. The number of hydrogen-bond donors (Lipinski definition) is 1. The van der Waals surface area contributed by atoms with Gasteiger partial charge in [0.1, 0.15) is 11.8 Å². The maximum Gasteiger partial charge on any atom is 0.265 e. The summed E-state index contributed by atoms with van der Waals surface area (Å²) in [6.07, 6.45) is 4.13. The van der Waals surface area contributed by atoms with Crippen LogP contribution < -0.4 is 14.5 Å². The molecule has 6 nitrogen and oxygen atoms in total. The number of carbonyl (C=O) groups is 2. The van der Waals surface area contributed by atoms with E-state index >= 15 is 0 Å². The smallest absolute Gasteiger partial charge is 0.265 e. The number of rotatable bonds is 6. The zero-order valence-electron chi connectivity index (χ0n) is 17.5. The summed E-state index contributed by atoms with van der Waals surface area (Å²) < 4.78 is 5.41. The molecule has 1 saturated heterocycles. The minimum absolute atomic E-state index is 0.293. The van der Waals surface area contributed by atoms with Crippen molar-refractivity contribution < 1.29 is 19.2 Å². The number of benzene rings is 2. The fourth-order valence-electron chi connectivity index (χ4n) is 4.61. The Balaban J connectivity index is 1.67. The van der Waals surface area contributed by atoms with E-state index in [0.717, 1.165) is 6.54 Å². The lowest BCUT2D eigenvalue weighted by Gasteiger charge is -2.31. The summed E-state index contributed by atoms with van der Waals surface area (Å²) in [4.78, 5) is 34.2. The van der Waals surface area contributed by atoms with E-state index in [4.69, 9.17) is 4.74 Å². The Labute approximate surface area is 177 Å². The second-order valence-electron chi connectivity index (χ2n) is 7.83. The minimum Gasteiger partial charge on any atom is -0.495 e. The first kappa shape index (κ1) is 20.3. The molecule has 0 aliphatic carbocycles. The van der Waals surface area contributed by atoms with Crippen molar-refractivity contribution in [2.45, 2.75) is 31.7 Å². The second-order valence-corrected chi connectivity index (χ2v) is 7.83. The molecular weight excluding hydrogens is 378 g/mol. The number of likely N-dealkylation sites (N-methyl/N-ethyl adjacent to an activating group) is 1. The van der Waals surface area contributed by atoms with Gasteiger partial charge in [-0.25, -0.2) is 4.90 Å². The van der Waals surface area contributed by atoms with Crippen LogP contribution in [0.3, 0.4) is 0 Å². The first-order valence-electron chi connectivity index (χ1n) is 10.6. The molecule has 2 unspecified atom stereocenters. The Morgan fingerprint density at radius 3 is 2.73 bits per heavy atom. The van der Waals surface area contributed by atoms with Crippen molar-refractivity contribution in [1.29, 1.82) is 0 Å². The number of imide groups is 1. The third kappa shape index (κ3) is 3.63. The van der Waals surface area contributed by atoms with Crippen LogP contribution in [0, 0.1) is 0 Å². The number of anilines is 1. The summed E-state index contributed by atoms with van der Waals surface area (Å²) >= 11 is 0. The number of amides is 2. The number of ether oxygens (including phenoxy) is 1. The molecule has 156 valence electrons. The lowest BCUT2D eigenvalue weighted by molar-refractivity contribution is -0.908. The van der Waals surface area contributed by atoms with Crippen LogP contribution in [0.15, 0.2) is 53.5 Å². The maximum absolute atomic E-state index is 13.5. The Kier molecular flexibility index (Phi) is 5.95. The number of nitrogens with zero attached hydrogens (tertiary/aromatic N) is 2. The van der Waals surface area contributed by atoms with Crippen LogP contribution in [0.25, 0.3) is 0 Å².